The number of halogens is 2. The third kappa shape index (κ3) is 3.74. The van der Waals surface area contributed by atoms with Crippen LogP contribution in [-0.2, 0) is 6.42 Å². The van der Waals surface area contributed by atoms with Gasteiger partial charge in [-0.1, -0.05) is 17.7 Å². The fraction of sp³-hybridized carbons (Fsp3) is 0.500. The minimum Gasteiger partial charge on any atom is -0.329 e. The van der Waals surface area contributed by atoms with Crippen LogP contribution in [0, 0.1) is 12.7 Å². The van der Waals surface area contributed by atoms with Crippen LogP contribution in [0.1, 0.15) is 24.0 Å². The van der Waals surface area contributed by atoms with Crippen molar-refractivity contribution in [1.82, 2.24) is 0 Å². The number of aryl methyl sites for hydroxylation is 2. The average Bonchev–Trinajstić information content (AvgIpc) is 2.25. The summed E-state index contributed by atoms with van der Waals surface area (Å²) in [4.78, 5) is 0. The Morgan fingerprint density at radius 2 is 2.12 bits per heavy atom. The first-order valence-electron chi connectivity index (χ1n) is 5.44. The Bertz CT molecular complexity index is 332. The van der Waals surface area contributed by atoms with Crippen LogP contribution in [0.4, 0.5) is 4.39 Å². The minimum atomic E-state index is -0.330. The fourth-order valence-electron chi connectivity index (χ4n) is 1.63. The van der Waals surface area contributed by atoms with E-state index >= 15 is 0 Å². The molecule has 0 saturated heterocycles. The molecule has 0 bridgehead atoms. The zero-order valence-corrected chi connectivity index (χ0v) is 10.2. The predicted molar refractivity (Wildman–Crippen MR) is 66.1 cm³/mol. The van der Waals surface area contributed by atoms with E-state index in [9.17, 15) is 4.39 Å². The number of rotatable bonds is 5. The first-order valence-corrected chi connectivity index (χ1v) is 5.82. The van der Waals surface area contributed by atoms with E-state index in [1.807, 2.05) is 6.07 Å². The van der Waals surface area contributed by atoms with E-state index in [4.69, 9.17) is 23.1 Å². The van der Waals surface area contributed by atoms with E-state index in [0.717, 1.165) is 24.8 Å². The molecule has 1 atom stereocenters. The third-order valence-corrected chi connectivity index (χ3v) is 2.89. The minimum absolute atomic E-state index is 0.0528. The van der Waals surface area contributed by atoms with Crippen LogP contribution in [0.2, 0.25) is 5.02 Å². The lowest BCUT2D eigenvalue weighted by molar-refractivity contribution is 0.588. The summed E-state index contributed by atoms with van der Waals surface area (Å²) >= 11 is 5.77. The van der Waals surface area contributed by atoms with E-state index in [2.05, 4.69) is 0 Å². The molecule has 4 heteroatoms. The Labute approximate surface area is 101 Å². The summed E-state index contributed by atoms with van der Waals surface area (Å²) in [6.45, 7) is 2.22. The van der Waals surface area contributed by atoms with Gasteiger partial charge in [-0.2, -0.15) is 0 Å². The van der Waals surface area contributed by atoms with Gasteiger partial charge in [0.15, 0.2) is 0 Å². The van der Waals surface area contributed by atoms with Gasteiger partial charge in [0.25, 0.3) is 0 Å². The molecule has 0 aliphatic heterocycles. The lowest BCUT2D eigenvalue weighted by Gasteiger charge is -2.09. The van der Waals surface area contributed by atoms with Crippen molar-refractivity contribution in [3.63, 3.8) is 0 Å². The van der Waals surface area contributed by atoms with Crippen LogP contribution in [0.15, 0.2) is 12.1 Å². The van der Waals surface area contributed by atoms with Gasteiger partial charge in [0.05, 0.1) is 5.02 Å². The van der Waals surface area contributed by atoms with E-state index in [-0.39, 0.29) is 16.9 Å². The lowest BCUT2D eigenvalue weighted by atomic mass is 10.0. The van der Waals surface area contributed by atoms with E-state index in [1.165, 1.54) is 0 Å². The van der Waals surface area contributed by atoms with Crippen molar-refractivity contribution in [2.45, 2.75) is 32.2 Å². The molecule has 1 unspecified atom stereocenters. The maximum absolute atomic E-state index is 13.2. The highest BCUT2D eigenvalue weighted by molar-refractivity contribution is 6.30. The summed E-state index contributed by atoms with van der Waals surface area (Å²) in [5, 5.41) is 0.193. The molecule has 0 heterocycles. The molecule has 0 amide bonds. The van der Waals surface area contributed by atoms with Gasteiger partial charge in [0.2, 0.25) is 0 Å². The molecule has 0 fully saturated rings. The molecule has 0 aromatic heterocycles. The molecule has 0 aliphatic carbocycles. The van der Waals surface area contributed by atoms with E-state index in [0.29, 0.717) is 12.1 Å². The molecule has 90 valence electrons. The Morgan fingerprint density at radius 3 is 2.69 bits per heavy atom. The summed E-state index contributed by atoms with van der Waals surface area (Å²) in [6, 6.07) is 3.56. The monoisotopic (exact) mass is 244 g/mol. The molecule has 0 aliphatic rings. The topological polar surface area (TPSA) is 52.0 Å². The van der Waals surface area contributed by atoms with Gasteiger partial charge in [-0.3, -0.25) is 0 Å². The van der Waals surface area contributed by atoms with Gasteiger partial charge in [0.1, 0.15) is 5.82 Å². The highest BCUT2D eigenvalue weighted by Crippen LogP contribution is 2.21. The second-order valence-electron chi connectivity index (χ2n) is 4.10. The normalized spacial score (nSPS) is 12.8. The SMILES string of the molecule is Cc1cc(CCCC(N)CN)cc(Cl)c1F. The van der Waals surface area contributed by atoms with Crippen molar-refractivity contribution < 1.29 is 4.39 Å². The first-order chi connectivity index (χ1) is 7.54. The average molecular weight is 245 g/mol. The zero-order valence-electron chi connectivity index (χ0n) is 9.47. The Balaban J connectivity index is 2.55. The van der Waals surface area contributed by atoms with E-state index < -0.39 is 0 Å². The molecule has 4 N–H and O–H groups in total. The summed E-state index contributed by atoms with van der Waals surface area (Å²) in [7, 11) is 0. The molecule has 2 nitrogen and oxygen atoms in total. The van der Waals surface area contributed by atoms with Crippen LogP contribution >= 0.6 is 11.6 Å². The van der Waals surface area contributed by atoms with Crippen LogP contribution in [0.25, 0.3) is 0 Å². The molecule has 16 heavy (non-hydrogen) atoms. The summed E-state index contributed by atoms with van der Waals surface area (Å²) in [6.07, 6.45) is 2.68. The summed E-state index contributed by atoms with van der Waals surface area (Å²) in [5.74, 6) is -0.330. The van der Waals surface area contributed by atoms with Gasteiger partial charge in [-0.25, -0.2) is 4.39 Å². The molecular weight excluding hydrogens is 227 g/mol. The van der Waals surface area contributed by atoms with Gasteiger partial charge in [0, 0.05) is 12.6 Å². The highest BCUT2D eigenvalue weighted by Gasteiger charge is 2.06. The standard InChI is InChI=1S/C12H18ClFN2/c1-8-5-9(6-11(13)12(8)14)3-2-4-10(16)7-15/h5-6,10H,2-4,7,15-16H2,1H3. The van der Waals surface area contributed by atoms with Crippen LogP contribution < -0.4 is 11.5 Å². The van der Waals surface area contributed by atoms with Crippen molar-refractivity contribution >= 4 is 11.6 Å². The van der Waals surface area contributed by atoms with Crippen molar-refractivity contribution in [1.29, 1.82) is 0 Å². The molecule has 1 rings (SSSR count). The number of benzene rings is 1. The smallest absolute Gasteiger partial charge is 0.144 e. The lowest BCUT2D eigenvalue weighted by Crippen LogP contribution is -2.29. The zero-order chi connectivity index (χ0) is 12.1. The van der Waals surface area contributed by atoms with Crippen molar-refractivity contribution in [3.05, 3.63) is 34.1 Å². The van der Waals surface area contributed by atoms with E-state index in [1.54, 1.807) is 13.0 Å². The van der Waals surface area contributed by atoms with Crippen molar-refractivity contribution in [2.75, 3.05) is 6.54 Å². The van der Waals surface area contributed by atoms with Crippen LogP contribution in [0.5, 0.6) is 0 Å². The Morgan fingerprint density at radius 1 is 1.44 bits per heavy atom. The molecule has 1 aromatic rings. The Hall–Kier alpha value is -0.640. The third-order valence-electron chi connectivity index (χ3n) is 2.61. The summed E-state index contributed by atoms with van der Waals surface area (Å²) < 4.78 is 13.2. The van der Waals surface area contributed by atoms with Crippen molar-refractivity contribution in [3.8, 4) is 0 Å². The van der Waals surface area contributed by atoms with Crippen LogP contribution in [-0.4, -0.2) is 12.6 Å². The first kappa shape index (κ1) is 13.4. The number of nitrogens with two attached hydrogens (primary N) is 2. The molecule has 1 aromatic carbocycles. The van der Waals surface area contributed by atoms with Gasteiger partial charge in [-0.15, -0.1) is 0 Å². The fourth-order valence-corrected chi connectivity index (χ4v) is 1.92. The molecule has 0 radical (unpaired) electrons. The number of hydrogen-bond donors (Lipinski definition) is 2. The van der Waals surface area contributed by atoms with Gasteiger partial charge < -0.3 is 11.5 Å². The van der Waals surface area contributed by atoms with Crippen molar-refractivity contribution in [2.24, 2.45) is 11.5 Å². The Kier molecular flexibility index (Phi) is 5.19. The molecule has 0 spiro atoms. The second-order valence-corrected chi connectivity index (χ2v) is 4.50. The van der Waals surface area contributed by atoms with Gasteiger partial charge >= 0.3 is 0 Å². The summed E-state index contributed by atoms with van der Waals surface area (Å²) in [5.41, 5.74) is 12.8. The molecular formula is C12H18ClFN2. The molecule has 0 saturated carbocycles. The second kappa shape index (κ2) is 6.18. The quantitative estimate of drug-likeness (QED) is 0.836. The van der Waals surface area contributed by atoms with Gasteiger partial charge in [-0.05, 0) is 43.4 Å². The number of hydrogen-bond acceptors (Lipinski definition) is 2. The van der Waals surface area contributed by atoms with Crippen LogP contribution in [0.3, 0.4) is 0 Å². The maximum Gasteiger partial charge on any atom is 0.144 e. The maximum atomic E-state index is 13.2. The largest absolute Gasteiger partial charge is 0.329 e. The highest BCUT2D eigenvalue weighted by atomic mass is 35.5. The predicted octanol–water partition coefficient (Wildman–Crippen LogP) is 2.40.